The van der Waals surface area contributed by atoms with Gasteiger partial charge in [0.05, 0.1) is 0 Å². The Morgan fingerprint density at radius 2 is 1.82 bits per heavy atom. The lowest BCUT2D eigenvalue weighted by Crippen LogP contribution is -2.56. The van der Waals surface area contributed by atoms with Crippen LogP contribution >= 0.6 is 0 Å². The Morgan fingerprint density at radius 1 is 1.24 bits per heavy atom. The second-order valence-corrected chi connectivity index (χ2v) is 6.35. The molecule has 17 heavy (non-hydrogen) atoms. The van der Waals surface area contributed by atoms with E-state index in [-0.39, 0.29) is 5.54 Å². The van der Waals surface area contributed by atoms with Crippen molar-refractivity contribution in [1.29, 1.82) is 0 Å². The van der Waals surface area contributed by atoms with Gasteiger partial charge in [-0.3, -0.25) is 0 Å². The van der Waals surface area contributed by atoms with Gasteiger partial charge in [-0.2, -0.15) is 0 Å². The van der Waals surface area contributed by atoms with E-state index in [0.29, 0.717) is 6.04 Å². The monoisotopic (exact) mass is 236 g/mol. The van der Waals surface area contributed by atoms with E-state index in [2.05, 4.69) is 31.3 Å². The highest BCUT2D eigenvalue weighted by Crippen LogP contribution is 2.36. The Balaban J connectivity index is 1.88. The zero-order valence-corrected chi connectivity index (χ0v) is 11.4. The number of nitrogens with two attached hydrogens (primary N) is 1. The molecule has 0 aromatic heterocycles. The lowest BCUT2D eigenvalue weighted by Gasteiger charge is -2.43. The van der Waals surface area contributed by atoms with E-state index in [1.165, 1.54) is 38.5 Å². The standard InChI is InChI=1S/C15H28N2/c1-12(2)13-7-9-15(11-16,10-8-13)17-14-5-3-4-6-14/h3-4,12-14,17H,5-11,16H2,1-2H3. The Hall–Kier alpha value is -0.340. The van der Waals surface area contributed by atoms with Gasteiger partial charge in [0.1, 0.15) is 0 Å². The van der Waals surface area contributed by atoms with Gasteiger partial charge in [0.2, 0.25) is 0 Å². The van der Waals surface area contributed by atoms with Crippen molar-refractivity contribution in [3.05, 3.63) is 12.2 Å². The zero-order chi connectivity index (χ0) is 12.3. The van der Waals surface area contributed by atoms with Crippen molar-refractivity contribution in [2.45, 2.75) is 64.0 Å². The molecule has 0 bridgehead atoms. The van der Waals surface area contributed by atoms with E-state index < -0.39 is 0 Å². The van der Waals surface area contributed by atoms with E-state index in [1.807, 2.05) is 0 Å². The molecule has 0 aliphatic heterocycles. The predicted molar refractivity (Wildman–Crippen MR) is 73.9 cm³/mol. The van der Waals surface area contributed by atoms with Gasteiger partial charge in [0.15, 0.2) is 0 Å². The molecule has 0 spiro atoms. The van der Waals surface area contributed by atoms with Gasteiger partial charge in [-0.05, 0) is 50.4 Å². The summed E-state index contributed by atoms with van der Waals surface area (Å²) in [5, 5.41) is 3.85. The molecule has 2 rings (SSSR count). The van der Waals surface area contributed by atoms with Gasteiger partial charge in [-0.25, -0.2) is 0 Å². The molecule has 0 amide bonds. The maximum Gasteiger partial charge on any atom is 0.0306 e. The lowest BCUT2D eigenvalue weighted by atomic mass is 9.72. The second-order valence-electron chi connectivity index (χ2n) is 6.35. The van der Waals surface area contributed by atoms with Crippen molar-refractivity contribution < 1.29 is 0 Å². The molecule has 0 heterocycles. The second kappa shape index (κ2) is 5.53. The molecule has 0 unspecified atom stereocenters. The molecule has 0 aromatic rings. The average Bonchev–Trinajstić information content (AvgIpc) is 2.82. The van der Waals surface area contributed by atoms with Gasteiger partial charge in [-0.1, -0.05) is 26.0 Å². The van der Waals surface area contributed by atoms with Crippen molar-refractivity contribution in [3.63, 3.8) is 0 Å². The third-order valence-corrected chi connectivity index (χ3v) is 4.84. The normalized spacial score (nSPS) is 34.7. The third-order valence-electron chi connectivity index (χ3n) is 4.84. The number of hydrogen-bond donors (Lipinski definition) is 2. The van der Waals surface area contributed by atoms with Crippen LogP contribution in [-0.2, 0) is 0 Å². The summed E-state index contributed by atoms with van der Waals surface area (Å²) in [6, 6.07) is 0.647. The molecule has 2 nitrogen and oxygen atoms in total. The molecular formula is C15H28N2. The van der Waals surface area contributed by atoms with Crippen LogP contribution in [0.1, 0.15) is 52.4 Å². The van der Waals surface area contributed by atoms with Crippen LogP contribution < -0.4 is 11.1 Å². The smallest absolute Gasteiger partial charge is 0.0306 e. The number of rotatable bonds is 4. The van der Waals surface area contributed by atoms with E-state index in [1.54, 1.807) is 0 Å². The molecule has 2 heteroatoms. The van der Waals surface area contributed by atoms with Gasteiger partial charge < -0.3 is 11.1 Å². The van der Waals surface area contributed by atoms with Gasteiger partial charge in [0, 0.05) is 18.1 Å². The summed E-state index contributed by atoms with van der Waals surface area (Å²) >= 11 is 0. The van der Waals surface area contributed by atoms with Gasteiger partial charge >= 0.3 is 0 Å². The number of hydrogen-bond acceptors (Lipinski definition) is 2. The van der Waals surface area contributed by atoms with Crippen LogP contribution in [0.5, 0.6) is 0 Å². The lowest BCUT2D eigenvalue weighted by molar-refractivity contribution is 0.154. The summed E-state index contributed by atoms with van der Waals surface area (Å²) in [5.74, 6) is 1.75. The first kappa shape index (κ1) is 13.1. The topological polar surface area (TPSA) is 38.0 Å². The minimum absolute atomic E-state index is 0.238. The first-order chi connectivity index (χ1) is 8.15. The maximum absolute atomic E-state index is 6.05. The SMILES string of the molecule is CC(C)C1CCC(CN)(NC2CC=CC2)CC1. The predicted octanol–water partition coefficient (Wildman–Crippen LogP) is 2.84. The Bertz CT molecular complexity index is 254. The fraction of sp³-hybridized carbons (Fsp3) is 0.867. The summed E-state index contributed by atoms with van der Waals surface area (Å²) in [4.78, 5) is 0. The van der Waals surface area contributed by atoms with Crippen LogP contribution in [0.15, 0.2) is 12.2 Å². The molecule has 98 valence electrons. The molecule has 2 aliphatic rings. The van der Waals surface area contributed by atoms with Gasteiger partial charge in [0.25, 0.3) is 0 Å². The third kappa shape index (κ3) is 3.11. The Morgan fingerprint density at radius 3 is 2.29 bits per heavy atom. The van der Waals surface area contributed by atoms with E-state index in [9.17, 15) is 0 Å². The number of nitrogens with one attached hydrogen (secondary N) is 1. The summed E-state index contributed by atoms with van der Waals surface area (Å²) < 4.78 is 0. The highest BCUT2D eigenvalue weighted by atomic mass is 15.0. The molecule has 3 N–H and O–H groups in total. The molecule has 0 radical (unpaired) electrons. The summed E-state index contributed by atoms with van der Waals surface area (Å²) in [6.07, 6.45) is 12.2. The van der Waals surface area contributed by atoms with Crippen molar-refractivity contribution in [1.82, 2.24) is 5.32 Å². The van der Waals surface area contributed by atoms with Crippen LogP contribution in [0.4, 0.5) is 0 Å². The molecule has 2 aliphatic carbocycles. The van der Waals surface area contributed by atoms with Crippen molar-refractivity contribution in [2.75, 3.05) is 6.54 Å². The summed E-state index contributed by atoms with van der Waals surface area (Å²) in [6.45, 7) is 5.51. The maximum atomic E-state index is 6.05. The van der Waals surface area contributed by atoms with Crippen LogP contribution in [0.25, 0.3) is 0 Å². The minimum Gasteiger partial charge on any atom is -0.329 e. The molecular weight excluding hydrogens is 208 g/mol. The minimum atomic E-state index is 0.238. The first-order valence-electron chi connectivity index (χ1n) is 7.28. The summed E-state index contributed by atoms with van der Waals surface area (Å²) in [5.41, 5.74) is 6.29. The van der Waals surface area contributed by atoms with Crippen molar-refractivity contribution in [3.8, 4) is 0 Å². The highest BCUT2D eigenvalue weighted by Gasteiger charge is 2.36. The fourth-order valence-corrected chi connectivity index (χ4v) is 3.43. The van der Waals surface area contributed by atoms with Crippen LogP contribution in [0, 0.1) is 11.8 Å². The van der Waals surface area contributed by atoms with Crippen LogP contribution in [0.2, 0.25) is 0 Å². The molecule has 1 saturated carbocycles. The Labute approximate surface area is 106 Å². The largest absolute Gasteiger partial charge is 0.329 e. The molecule has 0 aromatic carbocycles. The van der Waals surface area contributed by atoms with Crippen LogP contribution in [0.3, 0.4) is 0 Å². The van der Waals surface area contributed by atoms with E-state index in [0.717, 1.165) is 18.4 Å². The fourth-order valence-electron chi connectivity index (χ4n) is 3.43. The van der Waals surface area contributed by atoms with Crippen molar-refractivity contribution in [2.24, 2.45) is 17.6 Å². The molecule has 0 atom stereocenters. The van der Waals surface area contributed by atoms with Gasteiger partial charge in [-0.15, -0.1) is 0 Å². The quantitative estimate of drug-likeness (QED) is 0.737. The van der Waals surface area contributed by atoms with E-state index >= 15 is 0 Å². The average molecular weight is 236 g/mol. The summed E-state index contributed by atoms with van der Waals surface area (Å²) in [7, 11) is 0. The zero-order valence-electron chi connectivity index (χ0n) is 11.4. The highest BCUT2D eigenvalue weighted by molar-refractivity contribution is 5.03. The molecule has 0 saturated heterocycles. The molecule has 1 fully saturated rings. The van der Waals surface area contributed by atoms with Crippen molar-refractivity contribution >= 4 is 0 Å². The van der Waals surface area contributed by atoms with Crippen LogP contribution in [-0.4, -0.2) is 18.1 Å². The first-order valence-corrected chi connectivity index (χ1v) is 7.28. The van der Waals surface area contributed by atoms with E-state index in [4.69, 9.17) is 5.73 Å². The Kier molecular flexibility index (Phi) is 4.26.